The van der Waals surface area contributed by atoms with Crippen molar-refractivity contribution >= 4 is 0 Å². The van der Waals surface area contributed by atoms with Crippen LogP contribution in [0, 0.1) is 11.3 Å². The van der Waals surface area contributed by atoms with E-state index in [0.717, 1.165) is 12.5 Å². The van der Waals surface area contributed by atoms with E-state index in [0.29, 0.717) is 5.41 Å². The van der Waals surface area contributed by atoms with Gasteiger partial charge in [-0.25, -0.2) is 0 Å². The molecule has 96 valence electrons. The monoisotopic (exact) mass is 233 g/mol. The van der Waals surface area contributed by atoms with Gasteiger partial charge < -0.3 is 5.32 Å². The molecule has 0 saturated carbocycles. The van der Waals surface area contributed by atoms with Gasteiger partial charge in [0.1, 0.15) is 0 Å². The van der Waals surface area contributed by atoms with E-state index in [1.807, 2.05) is 0 Å². The van der Waals surface area contributed by atoms with Crippen LogP contribution in [0.25, 0.3) is 0 Å². The summed E-state index contributed by atoms with van der Waals surface area (Å²) in [7, 11) is 2.05. The van der Waals surface area contributed by atoms with Crippen molar-refractivity contribution in [3.05, 3.63) is 35.9 Å². The van der Waals surface area contributed by atoms with Crippen LogP contribution in [-0.4, -0.2) is 13.6 Å². The highest BCUT2D eigenvalue weighted by molar-refractivity contribution is 5.14. The number of rotatable bonds is 7. The molecular weight excluding hydrogens is 206 g/mol. The van der Waals surface area contributed by atoms with Crippen molar-refractivity contribution in [2.24, 2.45) is 11.3 Å². The molecule has 0 bridgehead atoms. The van der Waals surface area contributed by atoms with E-state index in [-0.39, 0.29) is 0 Å². The SMILES string of the molecule is CNCC(C)(CCCc1ccccc1)C(C)C. The smallest absolute Gasteiger partial charge is 0.000461 e. The van der Waals surface area contributed by atoms with Crippen LogP contribution in [0.1, 0.15) is 39.2 Å². The topological polar surface area (TPSA) is 12.0 Å². The third-order valence-corrected chi connectivity index (χ3v) is 4.03. The van der Waals surface area contributed by atoms with Gasteiger partial charge in [-0.05, 0) is 43.2 Å². The molecule has 1 nitrogen and oxygen atoms in total. The molecule has 1 unspecified atom stereocenters. The molecular formula is C16H27N. The molecule has 1 rings (SSSR count). The Kier molecular flexibility index (Phi) is 5.70. The first-order chi connectivity index (χ1) is 8.08. The highest BCUT2D eigenvalue weighted by atomic mass is 14.8. The molecule has 0 fully saturated rings. The molecule has 0 aliphatic rings. The molecule has 1 aromatic carbocycles. The van der Waals surface area contributed by atoms with E-state index in [2.05, 4.69) is 63.5 Å². The van der Waals surface area contributed by atoms with Crippen LogP contribution >= 0.6 is 0 Å². The first-order valence-corrected chi connectivity index (χ1v) is 6.77. The second kappa shape index (κ2) is 6.80. The van der Waals surface area contributed by atoms with Crippen LogP contribution < -0.4 is 5.32 Å². The number of nitrogens with one attached hydrogen (secondary N) is 1. The van der Waals surface area contributed by atoms with E-state index in [1.165, 1.54) is 24.8 Å². The van der Waals surface area contributed by atoms with Crippen molar-refractivity contribution in [3.8, 4) is 0 Å². The molecule has 0 amide bonds. The first kappa shape index (κ1) is 14.2. The Morgan fingerprint density at radius 1 is 1.18 bits per heavy atom. The third kappa shape index (κ3) is 4.51. The maximum absolute atomic E-state index is 3.34. The summed E-state index contributed by atoms with van der Waals surface area (Å²) in [5.74, 6) is 0.728. The van der Waals surface area contributed by atoms with Crippen LogP contribution in [0.2, 0.25) is 0 Å². The van der Waals surface area contributed by atoms with Crippen molar-refractivity contribution in [2.45, 2.75) is 40.0 Å². The number of hydrogen-bond acceptors (Lipinski definition) is 1. The molecule has 0 aliphatic heterocycles. The molecule has 1 N–H and O–H groups in total. The van der Waals surface area contributed by atoms with E-state index >= 15 is 0 Å². The van der Waals surface area contributed by atoms with Gasteiger partial charge in [-0.1, -0.05) is 51.1 Å². The van der Waals surface area contributed by atoms with E-state index in [9.17, 15) is 0 Å². The molecule has 0 saturated heterocycles. The van der Waals surface area contributed by atoms with Gasteiger partial charge in [0, 0.05) is 6.54 Å². The van der Waals surface area contributed by atoms with E-state index in [4.69, 9.17) is 0 Å². The zero-order chi connectivity index (χ0) is 12.7. The lowest BCUT2D eigenvalue weighted by atomic mass is 9.75. The van der Waals surface area contributed by atoms with Crippen LogP contribution in [0.5, 0.6) is 0 Å². The molecule has 1 atom stereocenters. The van der Waals surface area contributed by atoms with Crippen molar-refractivity contribution in [1.29, 1.82) is 0 Å². The summed E-state index contributed by atoms with van der Waals surface area (Å²) in [6.07, 6.45) is 3.77. The lowest BCUT2D eigenvalue weighted by molar-refractivity contribution is 0.191. The summed E-state index contributed by atoms with van der Waals surface area (Å²) in [5.41, 5.74) is 1.88. The molecule has 0 heterocycles. The van der Waals surface area contributed by atoms with Gasteiger partial charge in [0.2, 0.25) is 0 Å². The van der Waals surface area contributed by atoms with Gasteiger partial charge >= 0.3 is 0 Å². The summed E-state index contributed by atoms with van der Waals surface area (Å²) in [6.45, 7) is 8.18. The van der Waals surface area contributed by atoms with Crippen molar-refractivity contribution in [2.75, 3.05) is 13.6 Å². The van der Waals surface area contributed by atoms with Gasteiger partial charge in [-0.3, -0.25) is 0 Å². The summed E-state index contributed by atoms with van der Waals surface area (Å²) < 4.78 is 0. The molecule has 1 heteroatoms. The van der Waals surface area contributed by atoms with Gasteiger partial charge in [-0.15, -0.1) is 0 Å². The summed E-state index contributed by atoms with van der Waals surface area (Å²) in [6, 6.07) is 10.8. The lowest BCUT2D eigenvalue weighted by Crippen LogP contribution is -2.34. The Morgan fingerprint density at radius 2 is 1.82 bits per heavy atom. The maximum Gasteiger partial charge on any atom is 0.000461 e. The fraction of sp³-hybridized carbons (Fsp3) is 0.625. The Balaban J connectivity index is 2.43. The number of hydrogen-bond donors (Lipinski definition) is 1. The number of benzene rings is 1. The molecule has 0 aliphatic carbocycles. The standard InChI is InChI=1S/C16H27N/c1-14(2)16(3,13-17-4)12-8-11-15-9-6-5-7-10-15/h5-7,9-10,14,17H,8,11-13H2,1-4H3. The second-order valence-corrected chi connectivity index (χ2v) is 5.68. The Labute approximate surface area is 107 Å². The van der Waals surface area contributed by atoms with Crippen molar-refractivity contribution in [1.82, 2.24) is 5.32 Å². The van der Waals surface area contributed by atoms with Crippen molar-refractivity contribution in [3.63, 3.8) is 0 Å². The maximum atomic E-state index is 3.34. The average Bonchev–Trinajstić information content (AvgIpc) is 2.30. The fourth-order valence-electron chi connectivity index (χ4n) is 2.33. The van der Waals surface area contributed by atoms with Gasteiger partial charge in [0.05, 0.1) is 0 Å². The highest BCUT2D eigenvalue weighted by Crippen LogP contribution is 2.32. The molecule has 0 radical (unpaired) electrons. The van der Waals surface area contributed by atoms with Gasteiger partial charge in [-0.2, -0.15) is 0 Å². The summed E-state index contributed by atoms with van der Waals surface area (Å²) in [5, 5.41) is 3.34. The lowest BCUT2D eigenvalue weighted by Gasteiger charge is -2.34. The van der Waals surface area contributed by atoms with E-state index in [1.54, 1.807) is 0 Å². The first-order valence-electron chi connectivity index (χ1n) is 6.77. The van der Waals surface area contributed by atoms with Crippen LogP contribution in [0.15, 0.2) is 30.3 Å². The zero-order valence-corrected chi connectivity index (χ0v) is 11.8. The minimum atomic E-state index is 0.420. The molecule has 0 aromatic heterocycles. The fourth-order valence-corrected chi connectivity index (χ4v) is 2.33. The minimum Gasteiger partial charge on any atom is -0.319 e. The normalized spacial score (nSPS) is 14.9. The predicted molar refractivity (Wildman–Crippen MR) is 76.3 cm³/mol. The summed E-state index contributed by atoms with van der Waals surface area (Å²) >= 11 is 0. The van der Waals surface area contributed by atoms with Crippen LogP contribution in [0.4, 0.5) is 0 Å². The Bertz CT molecular complexity index is 305. The number of aryl methyl sites for hydroxylation is 1. The van der Waals surface area contributed by atoms with Crippen molar-refractivity contribution < 1.29 is 0 Å². The quantitative estimate of drug-likeness (QED) is 0.753. The summed E-state index contributed by atoms with van der Waals surface area (Å²) in [4.78, 5) is 0. The highest BCUT2D eigenvalue weighted by Gasteiger charge is 2.26. The third-order valence-electron chi connectivity index (χ3n) is 4.03. The minimum absolute atomic E-state index is 0.420. The van der Waals surface area contributed by atoms with Crippen LogP contribution in [0.3, 0.4) is 0 Å². The molecule has 17 heavy (non-hydrogen) atoms. The molecule has 1 aromatic rings. The average molecular weight is 233 g/mol. The largest absolute Gasteiger partial charge is 0.319 e. The zero-order valence-electron chi connectivity index (χ0n) is 11.8. The Hall–Kier alpha value is -0.820. The predicted octanol–water partition coefficient (Wildman–Crippen LogP) is 3.89. The Morgan fingerprint density at radius 3 is 2.35 bits per heavy atom. The molecule has 0 spiro atoms. The van der Waals surface area contributed by atoms with Crippen LogP contribution in [-0.2, 0) is 6.42 Å². The van der Waals surface area contributed by atoms with Gasteiger partial charge in [0.15, 0.2) is 0 Å². The van der Waals surface area contributed by atoms with Gasteiger partial charge in [0.25, 0.3) is 0 Å². The van der Waals surface area contributed by atoms with E-state index < -0.39 is 0 Å². The second-order valence-electron chi connectivity index (χ2n) is 5.68.